The Morgan fingerprint density at radius 2 is 2.29 bits per heavy atom. The summed E-state index contributed by atoms with van der Waals surface area (Å²) in [7, 11) is 0. The molecule has 1 aliphatic carbocycles. The molecule has 0 aromatic carbocycles. The Labute approximate surface area is 131 Å². The summed E-state index contributed by atoms with van der Waals surface area (Å²) in [5.74, 6) is 1.21. The first kappa shape index (κ1) is 13.0. The van der Waals surface area contributed by atoms with Crippen LogP contribution in [0.1, 0.15) is 34.2 Å². The number of nitrogens with two attached hydrogens (primary N) is 1. The van der Waals surface area contributed by atoms with Crippen LogP contribution in [0.2, 0.25) is 0 Å². The Balaban J connectivity index is 1.75. The summed E-state index contributed by atoms with van der Waals surface area (Å²) >= 11 is 3.52. The minimum absolute atomic E-state index is 0.331. The van der Waals surface area contributed by atoms with Crippen molar-refractivity contribution in [1.82, 2.24) is 9.97 Å². The molecule has 6 heteroatoms. The number of aryl methyl sites for hydroxylation is 2. The summed E-state index contributed by atoms with van der Waals surface area (Å²) in [6.45, 7) is 2.09. The molecule has 4 nitrogen and oxygen atoms in total. The number of thiophene rings is 2. The highest BCUT2D eigenvalue weighted by Crippen LogP contribution is 2.37. The van der Waals surface area contributed by atoms with Crippen LogP contribution in [-0.2, 0) is 6.42 Å². The topological polar surface area (TPSA) is 63.8 Å². The van der Waals surface area contributed by atoms with Crippen LogP contribution in [0.25, 0.3) is 10.2 Å². The van der Waals surface area contributed by atoms with Gasteiger partial charge in [-0.2, -0.15) is 4.98 Å². The zero-order valence-electron chi connectivity index (χ0n) is 11.7. The molecular formula is C15H16N4S2. The van der Waals surface area contributed by atoms with E-state index in [9.17, 15) is 0 Å². The van der Waals surface area contributed by atoms with E-state index in [1.165, 1.54) is 28.2 Å². The predicted octanol–water partition coefficient (Wildman–Crippen LogP) is 4.13. The zero-order valence-corrected chi connectivity index (χ0v) is 13.4. The van der Waals surface area contributed by atoms with Crippen LogP contribution in [0, 0.1) is 6.92 Å². The minimum atomic E-state index is 0.331. The van der Waals surface area contributed by atoms with Gasteiger partial charge in [-0.3, -0.25) is 0 Å². The zero-order chi connectivity index (χ0) is 14.4. The molecule has 3 aromatic heterocycles. The number of nitrogens with one attached hydrogen (secondary N) is 1. The fourth-order valence-corrected chi connectivity index (χ4v) is 4.84. The van der Waals surface area contributed by atoms with Gasteiger partial charge in [0.15, 0.2) is 0 Å². The van der Waals surface area contributed by atoms with Gasteiger partial charge in [-0.15, -0.1) is 22.7 Å². The largest absolute Gasteiger partial charge is 0.368 e. The third kappa shape index (κ3) is 2.28. The molecule has 3 N–H and O–H groups in total. The second-order valence-electron chi connectivity index (χ2n) is 5.39. The van der Waals surface area contributed by atoms with Crippen molar-refractivity contribution in [2.45, 2.75) is 32.2 Å². The Kier molecular flexibility index (Phi) is 3.08. The van der Waals surface area contributed by atoms with Crippen molar-refractivity contribution in [2.75, 3.05) is 11.1 Å². The van der Waals surface area contributed by atoms with Crippen LogP contribution in [0.3, 0.4) is 0 Å². The first-order chi connectivity index (χ1) is 10.2. The predicted molar refractivity (Wildman–Crippen MR) is 90.2 cm³/mol. The number of aromatic nitrogens is 2. The highest BCUT2D eigenvalue weighted by atomic mass is 32.1. The van der Waals surface area contributed by atoms with Gasteiger partial charge >= 0.3 is 0 Å². The SMILES string of the molecule is Cc1cc2c(NC3CCCc4sccc43)nc(N)nc2s1. The van der Waals surface area contributed by atoms with Gasteiger partial charge in [-0.05, 0) is 49.3 Å². The Bertz CT molecular complexity index is 805. The number of nitrogens with zero attached hydrogens (tertiary/aromatic N) is 2. The fraction of sp³-hybridized carbons (Fsp3) is 0.333. The van der Waals surface area contributed by atoms with Crippen molar-refractivity contribution in [3.63, 3.8) is 0 Å². The molecule has 0 saturated carbocycles. The molecule has 1 aliphatic rings. The van der Waals surface area contributed by atoms with Gasteiger partial charge in [0.1, 0.15) is 10.6 Å². The van der Waals surface area contributed by atoms with Crippen molar-refractivity contribution in [1.29, 1.82) is 0 Å². The van der Waals surface area contributed by atoms with Gasteiger partial charge < -0.3 is 11.1 Å². The third-order valence-electron chi connectivity index (χ3n) is 3.90. The van der Waals surface area contributed by atoms with Crippen LogP contribution in [-0.4, -0.2) is 9.97 Å². The summed E-state index contributed by atoms with van der Waals surface area (Å²) < 4.78 is 0. The van der Waals surface area contributed by atoms with E-state index < -0.39 is 0 Å². The Morgan fingerprint density at radius 3 is 3.19 bits per heavy atom. The Hall–Kier alpha value is -1.66. The molecule has 0 fully saturated rings. The maximum atomic E-state index is 5.86. The summed E-state index contributed by atoms with van der Waals surface area (Å²) in [6.07, 6.45) is 3.56. The third-order valence-corrected chi connectivity index (χ3v) is 5.84. The molecule has 21 heavy (non-hydrogen) atoms. The number of hydrogen-bond acceptors (Lipinski definition) is 6. The van der Waals surface area contributed by atoms with E-state index in [1.807, 2.05) is 11.3 Å². The molecule has 1 unspecified atom stereocenters. The number of nitrogen functional groups attached to an aromatic ring is 1. The summed E-state index contributed by atoms with van der Waals surface area (Å²) in [5, 5.41) is 6.86. The van der Waals surface area contributed by atoms with E-state index in [2.05, 4.69) is 39.7 Å². The van der Waals surface area contributed by atoms with Crippen LogP contribution in [0.5, 0.6) is 0 Å². The molecule has 3 aromatic rings. The minimum Gasteiger partial charge on any atom is -0.368 e. The molecule has 4 rings (SSSR count). The van der Waals surface area contributed by atoms with Crippen LogP contribution < -0.4 is 11.1 Å². The quantitative estimate of drug-likeness (QED) is 0.746. The molecule has 0 saturated heterocycles. The van der Waals surface area contributed by atoms with Crippen molar-refractivity contribution < 1.29 is 0 Å². The number of fused-ring (bicyclic) bond motifs is 2. The van der Waals surface area contributed by atoms with Gasteiger partial charge in [-0.25, -0.2) is 4.98 Å². The van der Waals surface area contributed by atoms with Crippen molar-refractivity contribution in [3.05, 3.63) is 32.8 Å². The number of anilines is 2. The van der Waals surface area contributed by atoms with E-state index in [0.717, 1.165) is 22.5 Å². The van der Waals surface area contributed by atoms with Crippen LogP contribution >= 0.6 is 22.7 Å². The second-order valence-corrected chi connectivity index (χ2v) is 7.63. The van der Waals surface area contributed by atoms with E-state index in [-0.39, 0.29) is 0 Å². The monoisotopic (exact) mass is 316 g/mol. The lowest BCUT2D eigenvalue weighted by atomic mass is 9.94. The second kappa shape index (κ2) is 4.96. The molecule has 0 amide bonds. The molecule has 108 valence electrons. The number of hydrogen-bond donors (Lipinski definition) is 2. The van der Waals surface area contributed by atoms with Gasteiger partial charge in [-0.1, -0.05) is 0 Å². The average molecular weight is 316 g/mol. The molecule has 0 bridgehead atoms. The molecule has 0 spiro atoms. The van der Waals surface area contributed by atoms with Crippen LogP contribution in [0.4, 0.5) is 11.8 Å². The van der Waals surface area contributed by atoms with E-state index >= 15 is 0 Å². The lowest BCUT2D eigenvalue weighted by Crippen LogP contribution is -2.17. The normalized spacial score (nSPS) is 17.9. The molecule has 0 radical (unpaired) electrons. The summed E-state index contributed by atoms with van der Waals surface area (Å²) in [6, 6.07) is 4.70. The Morgan fingerprint density at radius 1 is 1.38 bits per heavy atom. The smallest absolute Gasteiger partial charge is 0.223 e. The van der Waals surface area contributed by atoms with Gasteiger partial charge in [0, 0.05) is 9.75 Å². The van der Waals surface area contributed by atoms with Gasteiger partial charge in [0.2, 0.25) is 5.95 Å². The van der Waals surface area contributed by atoms with Crippen molar-refractivity contribution in [2.24, 2.45) is 0 Å². The van der Waals surface area contributed by atoms with Gasteiger partial charge in [0.05, 0.1) is 11.4 Å². The van der Waals surface area contributed by atoms with Crippen LogP contribution in [0.15, 0.2) is 17.5 Å². The average Bonchev–Trinajstić information content (AvgIpc) is 3.04. The molecule has 1 atom stereocenters. The summed E-state index contributed by atoms with van der Waals surface area (Å²) in [5.41, 5.74) is 7.28. The first-order valence-electron chi connectivity index (χ1n) is 7.07. The number of rotatable bonds is 2. The fourth-order valence-electron chi connectivity index (χ4n) is 2.97. The molecular weight excluding hydrogens is 300 g/mol. The maximum Gasteiger partial charge on any atom is 0.223 e. The lowest BCUT2D eigenvalue weighted by Gasteiger charge is -2.24. The first-order valence-corrected chi connectivity index (χ1v) is 8.77. The lowest BCUT2D eigenvalue weighted by molar-refractivity contribution is 0.607. The van der Waals surface area contributed by atoms with Crippen molar-refractivity contribution in [3.8, 4) is 0 Å². The van der Waals surface area contributed by atoms with E-state index in [0.29, 0.717) is 12.0 Å². The van der Waals surface area contributed by atoms with Gasteiger partial charge in [0.25, 0.3) is 0 Å². The van der Waals surface area contributed by atoms with Crippen molar-refractivity contribution >= 4 is 44.7 Å². The highest BCUT2D eigenvalue weighted by Gasteiger charge is 2.22. The molecule has 0 aliphatic heterocycles. The maximum absolute atomic E-state index is 5.86. The highest BCUT2D eigenvalue weighted by molar-refractivity contribution is 7.18. The molecule has 3 heterocycles. The van der Waals surface area contributed by atoms with E-state index in [1.54, 1.807) is 11.3 Å². The standard InChI is InChI=1S/C15H16N4S2/c1-8-7-10-13(18-15(16)19-14(10)21-8)17-11-3-2-4-12-9(11)5-6-20-12/h5-7,11H,2-4H2,1H3,(H3,16,17,18,19). The summed E-state index contributed by atoms with van der Waals surface area (Å²) in [4.78, 5) is 12.5. The van der Waals surface area contributed by atoms with E-state index in [4.69, 9.17) is 5.73 Å².